The molecule has 0 saturated heterocycles. The van der Waals surface area contributed by atoms with E-state index in [0.29, 0.717) is 11.0 Å². The lowest BCUT2D eigenvalue weighted by Gasteiger charge is -2.28. The topological polar surface area (TPSA) is 50.9 Å². The van der Waals surface area contributed by atoms with Gasteiger partial charge in [0.1, 0.15) is 10.8 Å². The summed E-state index contributed by atoms with van der Waals surface area (Å²) in [7, 11) is 0. The predicted molar refractivity (Wildman–Crippen MR) is 79.9 cm³/mol. The number of thiocarbonyl (C=S) groups is 1. The number of hydrogen-bond acceptors (Lipinski definition) is 3. The van der Waals surface area contributed by atoms with Crippen LogP contribution >= 0.6 is 12.2 Å². The highest BCUT2D eigenvalue weighted by molar-refractivity contribution is 7.80. The van der Waals surface area contributed by atoms with E-state index in [-0.39, 0.29) is 0 Å². The maximum absolute atomic E-state index is 5.68. The smallest absolute Gasteiger partial charge is 0.127 e. The molecule has 1 aliphatic carbocycles. The molecule has 1 heterocycles. The molecule has 1 aromatic heterocycles. The van der Waals surface area contributed by atoms with E-state index in [0.717, 1.165) is 23.0 Å². The Hall–Kier alpha value is -1.16. The largest absolute Gasteiger partial charge is 0.389 e. The fraction of sp³-hybridized carbons (Fsp3) is 0.571. The van der Waals surface area contributed by atoms with Crippen LogP contribution in [0.15, 0.2) is 12.1 Å². The highest BCUT2D eigenvalue weighted by Crippen LogP contribution is 2.26. The van der Waals surface area contributed by atoms with Gasteiger partial charge in [0.25, 0.3) is 0 Å². The normalized spacial score (nSPS) is 23.7. The lowest BCUT2D eigenvalue weighted by Crippen LogP contribution is -2.27. The van der Waals surface area contributed by atoms with Gasteiger partial charge in [0.05, 0.1) is 0 Å². The van der Waals surface area contributed by atoms with Gasteiger partial charge in [-0.25, -0.2) is 4.98 Å². The van der Waals surface area contributed by atoms with Crippen molar-refractivity contribution in [3.05, 3.63) is 23.4 Å². The number of nitrogens with zero attached hydrogens (tertiary/aromatic N) is 1. The molecule has 98 valence electrons. The second kappa shape index (κ2) is 5.65. The minimum Gasteiger partial charge on any atom is -0.389 e. The molecular formula is C14H21N3S. The zero-order chi connectivity index (χ0) is 13.1. The number of hydrogen-bond donors (Lipinski definition) is 2. The molecule has 0 spiro atoms. The molecule has 2 rings (SSSR count). The average Bonchev–Trinajstić information content (AvgIpc) is 2.28. The summed E-state index contributed by atoms with van der Waals surface area (Å²) in [5, 5.41) is 3.52. The third-order valence-electron chi connectivity index (χ3n) is 3.53. The van der Waals surface area contributed by atoms with Gasteiger partial charge in [-0.3, -0.25) is 0 Å². The van der Waals surface area contributed by atoms with E-state index in [1.54, 1.807) is 0 Å². The maximum atomic E-state index is 5.68. The summed E-state index contributed by atoms with van der Waals surface area (Å²) in [6.45, 7) is 4.29. The van der Waals surface area contributed by atoms with Crippen LogP contribution in [0.4, 0.5) is 5.82 Å². The summed E-state index contributed by atoms with van der Waals surface area (Å²) in [6.07, 6.45) is 5.09. The molecule has 0 radical (unpaired) electrons. The van der Waals surface area contributed by atoms with Crippen molar-refractivity contribution in [3.8, 4) is 0 Å². The van der Waals surface area contributed by atoms with Crippen molar-refractivity contribution < 1.29 is 0 Å². The molecule has 18 heavy (non-hydrogen) atoms. The number of pyridine rings is 1. The van der Waals surface area contributed by atoms with Crippen LogP contribution in [-0.4, -0.2) is 16.0 Å². The first-order chi connectivity index (χ1) is 8.54. The van der Waals surface area contributed by atoms with Crippen molar-refractivity contribution in [2.24, 2.45) is 11.7 Å². The average molecular weight is 263 g/mol. The molecule has 0 aromatic carbocycles. The molecule has 0 aliphatic heterocycles. The van der Waals surface area contributed by atoms with Gasteiger partial charge in [0.2, 0.25) is 0 Å². The Kier molecular flexibility index (Phi) is 4.17. The van der Waals surface area contributed by atoms with E-state index >= 15 is 0 Å². The van der Waals surface area contributed by atoms with Crippen LogP contribution in [0.1, 0.15) is 43.9 Å². The minimum atomic E-state index is 0.431. The van der Waals surface area contributed by atoms with Gasteiger partial charge in [0.15, 0.2) is 0 Å². The standard InChI is InChI=1S/C14H21N3S/c1-9-4-3-5-12(6-9)17-13-8-11(14(15)18)7-10(2)16-13/h7-9,12H,3-6H2,1-2H3,(H2,15,18)(H,16,17). The Morgan fingerprint density at radius 1 is 1.44 bits per heavy atom. The third kappa shape index (κ3) is 3.42. The second-order valence-corrected chi connectivity index (χ2v) is 5.80. The molecule has 1 aromatic rings. The second-order valence-electron chi connectivity index (χ2n) is 5.36. The number of nitrogens with one attached hydrogen (secondary N) is 1. The molecule has 3 nitrogen and oxygen atoms in total. The molecule has 0 amide bonds. The molecule has 2 unspecified atom stereocenters. The molecule has 1 fully saturated rings. The van der Waals surface area contributed by atoms with Gasteiger partial charge in [-0.05, 0) is 37.8 Å². The summed E-state index contributed by atoms with van der Waals surface area (Å²) in [5.74, 6) is 1.70. The van der Waals surface area contributed by atoms with Crippen LogP contribution in [0.25, 0.3) is 0 Å². The van der Waals surface area contributed by atoms with Crippen molar-refractivity contribution in [1.29, 1.82) is 0 Å². The summed E-state index contributed by atoms with van der Waals surface area (Å²) >= 11 is 5.03. The van der Waals surface area contributed by atoms with Crippen molar-refractivity contribution in [2.75, 3.05) is 5.32 Å². The Bertz CT molecular complexity index is 445. The Balaban J connectivity index is 2.10. The van der Waals surface area contributed by atoms with Crippen molar-refractivity contribution >= 4 is 23.0 Å². The van der Waals surface area contributed by atoms with E-state index in [1.807, 2.05) is 19.1 Å². The van der Waals surface area contributed by atoms with Crippen LogP contribution < -0.4 is 11.1 Å². The number of aromatic nitrogens is 1. The monoisotopic (exact) mass is 263 g/mol. The van der Waals surface area contributed by atoms with E-state index < -0.39 is 0 Å². The molecule has 1 saturated carbocycles. The quantitative estimate of drug-likeness (QED) is 0.823. The van der Waals surface area contributed by atoms with E-state index in [2.05, 4.69) is 17.2 Å². The molecule has 2 atom stereocenters. The number of anilines is 1. The summed E-state index contributed by atoms with van der Waals surface area (Å²) in [6, 6.07) is 4.41. The van der Waals surface area contributed by atoms with Gasteiger partial charge in [-0.1, -0.05) is 32.0 Å². The zero-order valence-electron chi connectivity index (χ0n) is 11.1. The first-order valence-corrected chi connectivity index (χ1v) is 7.00. The van der Waals surface area contributed by atoms with Crippen molar-refractivity contribution in [2.45, 2.75) is 45.6 Å². The maximum Gasteiger partial charge on any atom is 0.127 e. The van der Waals surface area contributed by atoms with E-state index in [1.165, 1.54) is 25.7 Å². The van der Waals surface area contributed by atoms with E-state index in [4.69, 9.17) is 18.0 Å². The molecule has 0 bridgehead atoms. The van der Waals surface area contributed by atoms with E-state index in [9.17, 15) is 0 Å². The Labute approximate surface area is 114 Å². The lowest BCUT2D eigenvalue weighted by atomic mass is 9.87. The molecule has 1 aliphatic rings. The number of rotatable bonds is 3. The molecule has 3 N–H and O–H groups in total. The van der Waals surface area contributed by atoms with Gasteiger partial charge < -0.3 is 11.1 Å². The first kappa shape index (κ1) is 13.3. The van der Waals surface area contributed by atoms with Crippen LogP contribution in [0.3, 0.4) is 0 Å². The van der Waals surface area contributed by atoms with Crippen molar-refractivity contribution in [3.63, 3.8) is 0 Å². The predicted octanol–water partition coefficient (Wildman–Crippen LogP) is 3.01. The highest BCUT2D eigenvalue weighted by Gasteiger charge is 2.19. The van der Waals surface area contributed by atoms with Crippen molar-refractivity contribution in [1.82, 2.24) is 4.98 Å². The summed E-state index contributed by atoms with van der Waals surface area (Å²) < 4.78 is 0. The zero-order valence-corrected chi connectivity index (χ0v) is 11.9. The highest BCUT2D eigenvalue weighted by atomic mass is 32.1. The van der Waals surface area contributed by atoms with Gasteiger partial charge in [-0.2, -0.15) is 0 Å². The van der Waals surface area contributed by atoms with Gasteiger partial charge in [0, 0.05) is 17.3 Å². The fourth-order valence-electron chi connectivity index (χ4n) is 2.66. The lowest BCUT2D eigenvalue weighted by molar-refractivity contribution is 0.358. The Morgan fingerprint density at radius 3 is 2.89 bits per heavy atom. The number of nitrogens with two attached hydrogens (primary N) is 1. The number of aryl methyl sites for hydroxylation is 1. The summed E-state index contributed by atoms with van der Waals surface area (Å²) in [5.41, 5.74) is 7.53. The van der Waals surface area contributed by atoms with Crippen LogP contribution in [0.5, 0.6) is 0 Å². The fourth-order valence-corrected chi connectivity index (χ4v) is 2.78. The molecule has 4 heteroatoms. The molecular weight excluding hydrogens is 242 g/mol. The first-order valence-electron chi connectivity index (χ1n) is 6.59. The van der Waals surface area contributed by atoms with Crippen LogP contribution in [0, 0.1) is 12.8 Å². The Morgan fingerprint density at radius 2 is 2.22 bits per heavy atom. The summed E-state index contributed by atoms with van der Waals surface area (Å²) in [4.78, 5) is 4.94. The van der Waals surface area contributed by atoms with Gasteiger partial charge in [-0.15, -0.1) is 0 Å². The third-order valence-corrected chi connectivity index (χ3v) is 3.76. The van der Waals surface area contributed by atoms with Gasteiger partial charge >= 0.3 is 0 Å². The van der Waals surface area contributed by atoms with Crippen LogP contribution in [-0.2, 0) is 0 Å². The SMILES string of the molecule is Cc1cc(C(N)=S)cc(NC2CCCC(C)C2)n1. The minimum absolute atomic E-state index is 0.431. The van der Waals surface area contributed by atoms with Crippen LogP contribution in [0.2, 0.25) is 0 Å².